The molecular formula is C33H30BrN3O5. The number of amides is 2. The van der Waals surface area contributed by atoms with Gasteiger partial charge >= 0.3 is 12.1 Å². The molecule has 214 valence electrons. The minimum atomic E-state index is -1.14. The first kappa shape index (κ1) is 29.0. The number of anilines is 1. The molecule has 2 amide bonds. The molecule has 0 aromatic heterocycles. The van der Waals surface area contributed by atoms with Crippen molar-refractivity contribution in [2.24, 2.45) is 0 Å². The van der Waals surface area contributed by atoms with Crippen molar-refractivity contribution >= 4 is 39.6 Å². The number of carbonyl (C=O) groups is 3. The molecule has 4 aromatic carbocycles. The molecule has 3 N–H and O–H groups in total. The summed E-state index contributed by atoms with van der Waals surface area (Å²) < 4.78 is 6.18. The lowest BCUT2D eigenvalue weighted by molar-refractivity contribution is -0.139. The van der Waals surface area contributed by atoms with Crippen LogP contribution in [0, 0.1) is 0 Å². The van der Waals surface area contributed by atoms with Crippen LogP contribution in [-0.4, -0.2) is 54.2 Å². The lowest BCUT2D eigenvalue weighted by Crippen LogP contribution is -2.47. The number of carboxylic acids is 1. The molecular weight excluding hydrogens is 598 g/mol. The number of ether oxygens (including phenoxy) is 1. The Morgan fingerprint density at radius 3 is 2.17 bits per heavy atom. The summed E-state index contributed by atoms with van der Waals surface area (Å²) in [6.07, 6.45) is -0.666. The number of rotatable bonds is 10. The normalized spacial score (nSPS) is 12.7. The Balaban J connectivity index is 1.21. The SMILES string of the molecule is CN(Cc1ccccc1)CC(NC(=O)c1ccc(Br)c(NC(=O)OCC2c3ccccc3-c3ccccc32)c1)C(=O)O. The largest absolute Gasteiger partial charge is 0.480 e. The van der Waals surface area contributed by atoms with Crippen LogP contribution in [0.2, 0.25) is 0 Å². The molecule has 0 saturated heterocycles. The van der Waals surface area contributed by atoms with Gasteiger partial charge < -0.3 is 15.2 Å². The minimum Gasteiger partial charge on any atom is -0.480 e. The Hall–Kier alpha value is -4.47. The molecule has 42 heavy (non-hydrogen) atoms. The van der Waals surface area contributed by atoms with Crippen LogP contribution in [-0.2, 0) is 16.1 Å². The number of hydrogen-bond donors (Lipinski definition) is 3. The third kappa shape index (κ3) is 6.70. The molecule has 1 aliphatic carbocycles. The number of aliphatic carboxylic acids is 1. The number of carbonyl (C=O) groups excluding carboxylic acids is 2. The predicted molar refractivity (Wildman–Crippen MR) is 164 cm³/mol. The van der Waals surface area contributed by atoms with Crippen LogP contribution >= 0.6 is 15.9 Å². The van der Waals surface area contributed by atoms with Gasteiger partial charge in [-0.15, -0.1) is 0 Å². The highest BCUT2D eigenvalue weighted by atomic mass is 79.9. The highest BCUT2D eigenvalue weighted by Crippen LogP contribution is 2.44. The van der Waals surface area contributed by atoms with Gasteiger partial charge in [0.05, 0.1) is 5.69 Å². The number of benzene rings is 4. The average Bonchev–Trinajstić information content (AvgIpc) is 3.31. The summed E-state index contributed by atoms with van der Waals surface area (Å²) in [6.45, 7) is 0.790. The van der Waals surface area contributed by atoms with Gasteiger partial charge in [0.15, 0.2) is 0 Å². The van der Waals surface area contributed by atoms with Crippen molar-refractivity contribution in [3.63, 3.8) is 0 Å². The van der Waals surface area contributed by atoms with Crippen molar-refractivity contribution in [1.82, 2.24) is 10.2 Å². The summed E-state index contributed by atoms with van der Waals surface area (Å²) in [7, 11) is 1.80. The minimum absolute atomic E-state index is 0.0864. The maximum Gasteiger partial charge on any atom is 0.411 e. The molecule has 9 heteroatoms. The van der Waals surface area contributed by atoms with Gasteiger partial charge in [0.25, 0.3) is 5.91 Å². The Labute approximate surface area is 252 Å². The van der Waals surface area contributed by atoms with Crippen molar-refractivity contribution in [1.29, 1.82) is 0 Å². The third-order valence-corrected chi connectivity index (χ3v) is 7.89. The van der Waals surface area contributed by atoms with Crippen LogP contribution in [0.3, 0.4) is 0 Å². The second-order valence-electron chi connectivity index (χ2n) is 10.2. The van der Waals surface area contributed by atoms with E-state index in [1.54, 1.807) is 19.2 Å². The number of likely N-dealkylation sites (N-methyl/N-ethyl adjacent to an activating group) is 1. The summed E-state index contributed by atoms with van der Waals surface area (Å²) in [5.74, 6) is -1.80. The highest BCUT2D eigenvalue weighted by Gasteiger charge is 2.29. The lowest BCUT2D eigenvalue weighted by Gasteiger charge is -2.22. The summed E-state index contributed by atoms with van der Waals surface area (Å²) in [5, 5.41) is 15.0. The first-order valence-electron chi connectivity index (χ1n) is 13.5. The van der Waals surface area contributed by atoms with Crippen molar-refractivity contribution in [2.75, 3.05) is 25.5 Å². The van der Waals surface area contributed by atoms with Gasteiger partial charge in [-0.25, -0.2) is 9.59 Å². The van der Waals surface area contributed by atoms with Gasteiger partial charge in [-0.1, -0.05) is 78.9 Å². The fraction of sp³-hybridized carbons (Fsp3) is 0.182. The molecule has 0 fully saturated rings. The number of nitrogens with one attached hydrogen (secondary N) is 2. The van der Waals surface area contributed by atoms with Crippen LogP contribution in [0.5, 0.6) is 0 Å². The zero-order chi connectivity index (χ0) is 29.6. The lowest BCUT2D eigenvalue weighted by atomic mass is 9.98. The Kier molecular flexibility index (Phi) is 9.00. The molecule has 1 atom stereocenters. The van der Waals surface area contributed by atoms with E-state index in [1.165, 1.54) is 6.07 Å². The maximum atomic E-state index is 13.0. The van der Waals surface area contributed by atoms with Gasteiger partial charge in [0.1, 0.15) is 12.6 Å². The summed E-state index contributed by atoms with van der Waals surface area (Å²) in [5.41, 5.74) is 6.04. The quantitative estimate of drug-likeness (QED) is 0.195. The van der Waals surface area contributed by atoms with Crippen molar-refractivity contribution in [3.8, 4) is 11.1 Å². The zero-order valence-corrected chi connectivity index (χ0v) is 24.5. The molecule has 4 aromatic rings. The second-order valence-corrected chi connectivity index (χ2v) is 11.0. The first-order chi connectivity index (χ1) is 20.3. The molecule has 0 bridgehead atoms. The second kappa shape index (κ2) is 13.0. The van der Waals surface area contributed by atoms with E-state index in [-0.39, 0.29) is 24.6 Å². The fourth-order valence-corrected chi connectivity index (χ4v) is 5.55. The highest BCUT2D eigenvalue weighted by molar-refractivity contribution is 9.10. The van der Waals surface area contributed by atoms with Gasteiger partial charge in [-0.3, -0.25) is 15.0 Å². The van der Waals surface area contributed by atoms with Gasteiger partial charge in [0, 0.05) is 29.0 Å². The molecule has 1 aliphatic rings. The Bertz CT molecular complexity index is 1570. The number of nitrogens with zero attached hydrogens (tertiary/aromatic N) is 1. The van der Waals surface area contributed by atoms with Gasteiger partial charge in [-0.2, -0.15) is 0 Å². The molecule has 0 aliphatic heterocycles. The van der Waals surface area contributed by atoms with Crippen LogP contribution in [0.1, 0.15) is 33.0 Å². The maximum absolute atomic E-state index is 13.0. The first-order valence-corrected chi connectivity index (χ1v) is 14.3. The van der Waals surface area contributed by atoms with E-state index in [0.29, 0.717) is 16.7 Å². The smallest absolute Gasteiger partial charge is 0.411 e. The number of carboxylic acid groups (broad SMARTS) is 1. The predicted octanol–water partition coefficient (Wildman–Crippen LogP) is 6.13. The van der Waals surface area contributed by atoms with E-state index in [9.17, 15) is 19.5 Å². The van der Waals surface area contributed by atoms with Crippen molar-refractivity contribution in [3.05, 3.63) is 124 Å². The number of hydrogen-bond acceptors (Lipinski definition) is 5. The van der Waals surface area contributed by atoms with E-state index in [4.69, 9.17) is 4.74 Å². The number of halogens is 1. The fourth-order valence-electron chi connectivity index (χ4n) is 5.21. The van der Waals surface area contributed by atoms with Crippen molar-refractivity contribution in [2.45, 2.75) is 18.5 Å². The van der Waals surface area contributed by atoms with E-state index < -0.39 is 24.0 Å². The van der Waals surface area contributed by atoms with Crippen LogP contribution < -0.4 is 10.6 Å². The summed E-state index contributed by atoms with van der Waals surface area (Å²) in [6, 6.07) is 29.3. The molecule has 1 unspecified atom stereocenters. The number of fused-ring (bicyclic) bond motifs is 3. The van der Waals surface area contributed by atoms with E-state index in [1.807, 2.05) is 71.6 Å². The average molecular weight is 629 g/mol. The van der Waals surface area contributed by atoms with Crippen LogP contribution in [0.15, 0.2) is 102 Å². The molecule has 0 saturated carbocycles. The third-order valence-electron chi connectivity index (χ3n) is 7.20. The summed E-state index contributed by atoms with van der Waals surface area (Å²) in [4.78, 5) is 39.6. The summed E-state index contributed by atoms with van der Waals surface area (Å²) >= 11 is 3.40. The standard InChI is InChI=1S/C33H30BrN3O5/c1-37(18-21-9-3-2-4-10-21)19-30(32(39)40)35-31(38)22-15-16-28(34)29(17-22)36-33(41)42-20-27-25-13-7-5-11-23(25)24-12-6-8-14-26(24)27/h2-17,27,30H,18-20H2,1H3,(H,35,38)(H,36,41)(H,39,40). The molecule has 0 heterocycles. The van der Waals surface area contributed by atoms with Crippen molar-refractivity contribution < 1.29 is 24.2 Å². The van der Waals surface area contributed by atoms with E-state index >= 15 is 0 Å². The molecule has 8 nitrogen and oxygen atoms in total. The van der Waals surface area contributed by atoms with Crippen LogP contribution in [0.25, 0.3) is 11.1 Å². The molecule has 5 rings (SSSR count). The monoisotopic (exact) mass is 627 g/mol. The van der Waals surface area contributed by atoms with E-state index in [2.05, 4.69) is 38.7 Å². The Morgan fingerprint density at radius 2 is 1.52 bits per heavy atom. The van der Waals surface area contributed by atoms with Gasteiger partial charge in [0.2, 0.25) is 0 Å². The van der Waals surface area contributed by atoms with Gasteiger partial charge in [-0.05, 0) is 69.0 Å². The van der Waals surface area contributed by atoms with Crippen LogP contribution in [0.4, 0.5) is 10.5 Å². The van der Waals surface area contributed by atoms with E-state index in [0.717, 1.165) is 27.8 Å². The molecule has 0 spiro atoms. The Morgan fingerprint density at radius 1 is 0.905 bits per heavy atom. The molecule has 0 radical (unpaired) electrons. The topological polar surface area (TPSA) is 108 Å². The zero-order valence-electron chi connectivity index (χ0n) is 22.9.